The molecular formula is C11H9ClN2O3. The number of H-pyrrole nitrogens is 1. The molecule has 0 spiro atoms. The molecule has 2 rings (SSSR count). The largest absolute Gasteiger partial charge is 0.506 e. The Labute approximate surface area is 102 Å². The minimum Gasteiger partial charge on any atom is -0.506 e. The van der Waals surface area contributed by atoms with Crippen LogP contribution in [0.1, 0.15) is 16.1 Å². The number of phenolic OH excluding ortho intramolecular Hbond substituents is 1. The average molecular weight is 253 g/mol. The van der Waals surface area contributed by atoms with Crippen LogP contribution in [-0.2, 0) is 0 Å². The van der Waals surface area contributed by atoms with Crippen molar-refractivity contribution in [3.05, 3.63) is 34.5 Å². The summed E-state index contributed by atoms with van der Waals surface area (Å²) in [5.41, 5.74) is 1.50. The predicted molar refractivity (Wildman–Crippen MR) is 62.4 cm³/mol. The van der Waals surface area contributed by atoms with Crippen LogP contribution in [0, 0.1) is 6.92 Å². The average Bonchev–Trinajstić information content (AvgIpc) is 2.73. The molecule has 1 heterocycles. The topological polar surface area (TPSA) is 86.2 Å². The van der Waals surface area contributed by atoms with E-state index in [9.17, 15) is 9.90 Å². The summed E-state index contributed by atoms with van der Waals surface area (Å²) in [4.78, 5) is 10.7. The van der Waals surface area contributed by atoms with E-state index in [1.165, 1.54) is 6.07 Å². The van der Waals surface area contributed by atoms with Crippen molar-refractivity contribution in [1.29, 1.82) is 0 Å². The molecule has 2 aromatic rings. The fourth-order valence-electron chi connectivity index (χ4n) is 1.55. The summed E-state index contributed by atoms with van der Waals surface area (Å²) in [5.74, 6) is -1.21. The fraction of sp³-hybridized carbons (Fsp3) is 0.0909. The molecule has 1 aromatic heterocycles. The van der Waals surface area contributed by atoms with Gasteiger partial charge in [-0.1, -0.05) is 17.7 Å². The highest BCUT2D eigenvalue weighted by molar-refractivity contribution is 6.32. The maximum absolute atomic E-state index is 10.7. The van der Waals surface area contributed by atoms with Crippen molar-refractivity contribution in [2.75, 3.05) is 0 Å². The quantitative estimate of drug-likeness (QED) is 0.766. The molecule has 0 saturated heterocycles. The van der Waals surface area contributed by atoms with E-state index < -0.39 is 5.97 Å². The first-order chi connectivity index (χ1) is 8.00. The van der Waals surface area contributed by atoms with Gasteiger partial charge in [0.15, 0.2) is 0 Å². The van der Waals surface area contributed by atoms with Crippen molar-refractivity contribution in [3.8, 4) is 17.0 Å². The number of carbonyl (C=O) groups is 1. The minimum atomic E-state index is -1.11. The lowest BCUT2D eigenvalue weighted by atomic mass is 10.0. The van der Waals surface area contributed by atoms with E-state index in [2.05, 4.69) is 10.2 Å². The number of aryl methyl sites for hydroxylation is 1. The number of aromatic carboxylic acids is 1. The highest BCUT2D eigenvalue weighted by atomic mass is 35.5. The lowest BCUT2D eigenvalue weighted by molar-refractivity contribution is 0.0690. The Kier molecular flexibility index (Phi) is 2.77. The monoisotopic (exact) mass is 252 g/mol. The number of nitrogens with one attached hydrogen (secondary N) is 1. The zero-order valence-electron chi connectivity index (χ0n) is 8.86. The van der Waals surface area contributed by atoms with Crippen molar-refractivity contribution in [1.82, 2.24) is 10.2 Å². The minimum absolute atomic E-state index is 0.0428. The zero-order chi connectivity index (χ0) is 12.6. The number of nitrogens with zero attached hydrogens (tertiary/aromatic N) is 1. The molecule has 0 saturated carbocycles. The molecule has 0 unspecified atom stereocenters. The van der Waals surface area contributed by atoms with Crippen LogP contribution in [-0.4, -0.2) is 26.4 Å². The number of aromatic amines is 1. The molecular weight excluding hydrogens is 244 g/mol. The van der Waals surface area contributed by atoms with Crippen LogP contribution >= 0.6 is 11.6 Å². The van der Waals surface area contributed by atoms with E-state index in [0.29, 0.717) is 11.3 Å². The number of hydrogen-bond donors (Lipinski definition) is 3. The Morgan fingerprint density at radius 2 is 2.18 bits per heavy atom. The molecule has 0 aliphatic heterocycles. The molecule has 0 fully saturated rings. The predicted octanol–water partition coefficient (Wildman–Crippen LogP) is 2.44. The van der Waals surface area contributed by atoms with Gasteiger partial charge in [0, 0.05) is 5.56 Å². The molecule has 0 amide bonds. The smallest absolute Gasteiger partial charge is 0.353 e. The third-order valence-electron chi connectivity index (χ3n) is 2.40. The second kappa shape index (κ2) is 4.10. The van der Waals surface area contributed by atoms with Crippen molar-refractivity contribution < 1.29 is 15.0 Å². The number of carboxylic acids is 1. The van der Waals surface area contributed by atoms with Crippen LogP contribution in [0.5, 0.6) is 5.75 Å². The molecule has 17 heavy (non-hydrogen) atoms. The number of benzene rings is 1. The first-order valence-electron chi connectivity index (χ1n) is 4.78. The number of hydrogen-bond acceptors (Lipinski definition) is 3. The van der Waals surface area contributed by atoms with E-state index in [0.717, 1.165) is 5.56 Å². The van der Waals surface area contributed by atoms with Gasteiger partial charge in [0.05, 0.1) is 10.7 Å². The third kappa shape index (κ3) is 1.97. The second-order valence-corrected chi connectivity index (χ2v) is 3.97. The van der Waals surface area contributed by atoms with Gasteiger partial charge in [0.2, 0.25) is 0 Å². The van der Waals surface area contributed by atoms with Gasteiger partial charge in [-0.3, -0.25) is 5.10 Å². The number of aromatic nitrogens is 2. The Morgan fingerprint density at radius 3 is 2.76 bits per heavy atom. The number of rotatable bonds is 2. The Balaban J connectivity index is 2.60. The first kappa shape index (κ1) is 11.5. The summed E-state index contributed by atoms with van der Waals surface area (Å²) in [6, 6.07) is 4.65. The molecule has 6 heteroatoms. The van der Waals surface area contributed by atoms with Gasteiger partial charge in [0.25, 0.3) is 0 Å². The third-order valence-corrected chi connectivity index (χ3v) is 2.71. The van der Waals surface area contributed by atoms with Crippen molar-refractivity contribution in [2.45, 2.75) is 6.92 Å². The summed E-state index contributed by atoms with van der Waals surface area (Å²) in [5, 5.41) is 25.0. The van der Waals surface area contributed by atoms with Gasteiger partial charge in [-0.25, -0.2) is 4.79 Å². The summed E-state index contributed by atoms with van der Waals surface area (Å²) in [6.07, 6.45) is 0. The van der Waals surface area contributed by atoms with Crippen LogP contribution in [0.4, 0.5) is 0 Å². The zero-order valence-corrected chi connectivity index (χ0v) is 9.62. The van der Waals surface area contributed by atoms with Gasteiger partial charge in [-0.2, -0.15) is 5.10 Å². The summed E-state index contributed by atoms with van der Waals surface area (Å²) in [6.45, 7) is 1.78. The standard InChI is InChI=1S/C11H9ClN2O3/c1-5-2-3-6(12)10(15)9(5)7-4-8(11(16)17)14-13-7/h2-4,15H,1H3,(H,13,14)(H,16,17). The maximum atomic E-state index is 10.7. The Hall–Kier alpha value is -2.01. The Morgan fingerprint density at radius 1 is 1.47 bits per heavy atom. The first-order valence-corrected chi connectivity index (χ1v) is 5.15. The normalized spacial score (nSPS) is 10.5. The molecule has 0 aliphatic carbocycles. The highest BCUT2D eigenvalue weighted by Crippen LogP contribution is 2.36. The van der Waals surface area contributed by atoms with Crippen LogP contribution < -0.4 is 0 Å². The number of phenols is 1. The van der Waals surface area contributed by atoms with Gasteiger partial charge in [-0.05, 0) is 24.6 Å². The molecule has 1 aromatic carbocycles. The van der Waals surface area contributed by atoms with E-state index in [4.69, 9.17) is 16.7 Å². The highest BCUT2D eigenvalue weighted by Gasteiger charge is 2.16. The Bertz CT molecular complexity index is 592. The summed E-state index contributed by atoms with van der Waals surface area (Å²) >= 11 is 5.80. The van der Waals surface area contributed by atoms with Crippen molar-refractivity contribution >= 4 is 17.6 Å². The van der Waals surface area contributed by atoms with E-state index >= 15 is 0 Å². The van der Waals surface area contributed by atoms with Crippen molar-refractivity contribution in [3.63, 3.8) is 0 Å². The van der Waals surface area contributed by atoms with Crippen LogP contribution in [0.3, 0.4) is 0 Å². The lowest BCUT2D eigenvalue weighted by Crippen LogP contribution is -1.95. The second-order valence-electron chi connectivity index (χ2n) is 3.56. The molecule has 3 N–H and O–H groups in total. The fourth-order valence-corrected chi connectivity index (χ4v) is 1.71. The number of aromatic hydroxyl groups is 1. The molecule has 5 nitrogen and oxygen atoms in total. The SMILES string of the molecule is Cc1ccc(Cl)c(O)c1-c1cc(C(=O)O)[nH]n1. The molecule has 0 aliphatic rings. The van der Waals surface area contributed by atoms with Gasteiger partial charge in [-0.15, -0.1) is 0 Å². The summed E-state index contributed by atoms with van der Waals surface area (Å²) < 4.78 is 0. The van der Waals surface area contributed by atoms with Gasteiger partial charge in [0.1, 0.15) is 11.4 Å². The number of carboxylic acid groups (broad SMARTS) is 1. The van der Waals surface area contributed by atoms with Gasteiger partial charge >= 0.3 is 5.97 Å². The molecule has 0 radical (unpaired) electrons. The van der Waals surface area contributed by atoms with Crippen LogP contribution in [0.25, 0.3) is 11.3 Å². The maximum Gasteiger partial charge on any atom is 0.353 e. The van der Waals surface area contributed by atoms with Crippen LogP contribution in [0.15, 0.2) is 18.2 Å². The molecule has 88 valence electrons. The van der Waals surface area contributed by atoms with Gasteiger partial charge < -0.3 is 10.2 Å². The summed E-state index contributed by atoms with van der Waals surface area (Å²) in [7, 11) is 0. The van der Waals surface area contributed by atoms with Crippen molar-refractivity contribution in [2.24, 2.45) is 0 Å². The molecule has 0 atom stereocenters. The van der Waals surface area contributed by atoms with E-state index in [1.807, 2.05) is 0 Å². The van der Waals surface area contributed by atoms with E-state index in [1.54, 1.807) is 19.1 Å². The van der Waals surface area contributed by atoms with E-state index in [-0.39, 0.29) is 16.5 Å². The molecule has 0 bridgehead atoms. The lowest BCUT2D eigenvalue weighted by Gasteiger charge is -2.06. The number of halogens is 1. The van der Waals surface area contributed by atoms with Crippen LogP contribution in [0.2, 0.25) is 5.02 Å².